The van der Waals surface area contributed by atoms with Crippen molar-refractivity contribution in [1.82, 2.24) is 0 Å². The maximum Gasteiger partial charge on any atom is 0.223 e. The fourth-order valence-electron chi connectivity index (χ4n) is 4.30. The number of rotatable bonds is 4. The highest BCUT2D eigenvalue weighted by Gasteiger charge is 2.39. The molecule has 4 nitrogen and oxygen atoms in total. The van der Waals surface area contributed by atoms with Crippen molar-refractivity contribution in [3.05, 3.63) is 65.7 Å². The van der Waals surface area contributed by atoms with Crippen LogP contribution in [0.2, 0.25) is 0 Å². The van der Waals surface area contributed by atoms with Gasteiger partial charge in [0.05, 0.1) is 12.6 Å². The van der Waals surface area contributed by atoms with E-state index in [0.717, 1.165) is 23.5 Å². The highest BCUT2D eigenvalue weighted by molar-refractivity contribution is 5.91. The fraction of sp³-hybridized carbons (Fsp3) is 0.348. The monoisotopic (exact) mass is 362 g/mol. The van der Waals surface area contributed by atoms with E-state index >= 15 is 0 Å². The molecular weight excluding hydrogens is 336 g/mol. The molecule has 0 saturated heterocycles. The predicted octanol–water partition coefficient (Wildman–Crippen LogP) is 4.89. The van der Waals surface area contributed by atoms with Gasteiger partial charge in [-0.2, -0.15) is 0 Å². The van der Waals surface area contributed by atoms with Crippen molar-refractivity contribution in [2.75, 3.05) is 23.9 Å². The maximum absolute atomic E-state index is 11.8. The van der Waals surface area contributed by atoms with Crippen molar-refractivity contribution in [3.63, 3.8) is 0 Å². The quantitative estimate of drug-likeness (QED) is 0.787. The number of ether oxygens (including phenoxy) is 1. The lowest BCUT2D eigenvalue weighted by Crippen LogP contribution is -2.30. The van der Waals surface area contributed by atoms with Crippen LogP contribution in [0.5, 0.6) is 5.75 Å². The number of anilines is 2. The zero-order chi connectivity index (χ0) is 19.0. The molecule has 1 heterocycles. The summed E-state index contributed by atoms with van der Waals surface area (Å²) in [6.45, 7) is 4.28. The summed E-state index contributed by atoms with van der Waals surface area (Å²) in [5, 5.41) is 3.76. The van der Waals surface area contributed by atoms with Gasteiger partial charge in [0.15, 0.2) is 0 Å². The predicted molar refractivity (Wildman–Crippen MR) is 109 cm³/mol. The van der Waals surface area contributed by atoms with E-state index in [0.29, 0.717) is 18.4 Å². The Kier molecular flexibility index (Phi) is 4.65. The van der Waals surface area contributed by atoms with E-state index < -0.39 is 0 Å². The molecule has 2 aromatic rings. The second kappa shape index (κ2) is 7.10. The second-order valence-corrected chi connectivity index (χ2v) is 7.30. The molecule has 3 unspecified atom stereocenters. The smallest absolute Gasteiger partial charge is 0.223 e. The molecule has 4 heteroatoms. The number of hydrogen-bond acceptors (Lipinski definition) is 3. The van der Waals surface area contributed by atoms with Crippen molar-refractivity contribution < 1.29 is 9.53 Å². The summed E-state index contributed by atoms with van der Waals surface area (Å²) in [6, 6.07) is 14.8. The van der Waals surface area contributed by atoms with E-state index in [1.807, 2.05) is 26.1 Å². The molecule has 0 radical (unpaired) electrons. The minimum atomic E-state index is 0.0424. The lowest BCUT2D eigenvalue weighted by Gasteiger charge is -2.38. The number of amides is 1. The van der Waals surface area contributed by atoms with Crippen LogP contribution in [0.4, 0.5) is 11.4 Å². The third-order valence-corrected chi connectivity index (χ3v) is 5.76. The van der Waals surface area contributed by atoms with Crippen molar-refractivity contribution in [2.24, 2.45) is 5.92 Å². The van der Waals surface area contributed by atoms with Crippen LogP contribution in [0.3, 0.4) is 0 Å². The molecule has 1 amide bonds. The Morgan fingerprint density at radius 3 is 2.81 bits per heavy atom. The summed E-state index contributed by atoms with van der Waals surface area (Å²) in [4.78, 5) is 13.5. The molecule has 0 bridgehead atoms. The Morgan fingerprint density at radius 2 is 2.04 bits per heavy atom. The first-order valence-electron chi connectivity index (χ1n) is 9.63. The number of fused-ring (bicyclic) bond motifs is 3. The van der Waals surface area contributed by atoms with Gasteiger partial charge >= 0.3 is 0 Å². The van der Waals surface area contributed by atoms with Gasteiger partial charge < -0.3 is 15.0 Å². The highest BCUT2D eigenvalue weighted by atomic mass is 16.5. The summed E-state index contributed by atoms with van der Waals surface area (Å²) in [6.07, 6.45) is 5.64. The second-order valence-electron chi connectivity index (χ2n) is 7.30. The highest BCUT2D eigenvalue weighted by Crippen LogP contribution is 2.51. The number of benzene rings is 2. The third kappa shape index (κ3) is 3.09. The van der Waals surface area contributed by atoms with Gasteiger partial charge in [-0.1, -0.05) is 30.4 Å². The van der Waals surface area contributed by atoms with E-state index in [-0.39, 0.29) is 11.9 Å². The van der Waals surface area contributed by atoms with Gasteiger partial charge in [0, 0.05) is 36.8 Å². The van der Waals surface area contributed by atoms with Crippen molar-refractivity contribution in [3.8, 4) is 5.75 Å². The topological polar surface area (TPSA) is 41.6 Å². The first kappa shape index (κ1) is 17.7. The van der Waals surface area contributed by atoms with E-state index in [4.69, 9.17) is 4.74 Å². The molecule has 27 heavy (non-hydrogen) atoms. The molecule has 140 valence electrons. The first-order chi connectivity index (χ1) is 13.1. The minimum Gasteiger partial charge on any atom is -0.494 e. The van der Waals surface area contributed by atoms with Crippen molar-refractivity contribution in [2.45, 2.75) is 32.2 Å². The Hall–Kier alpha value is -2.75. The summed E-state index contributed by atoms with van der Waals surface area (Å²) in [7, 11) is 1.82. The molecule has 0 saturated carbocycles. The molecule has 0 fully saturated rings. The SMILES string of the molecule is CCOc1ccccc1C1Nc2ccc(N(C)C(C)=O)cc2C2C=CCC21. The number of allylic oxidation sites excluding steroid dienone is 2. The van der Waals surface area contributed by atoms with Crippen LogP contribution in [-0.4, -0.2) is 19.6 Å². The van der Waals surface area contributed by atoms with Crippen LogP contribution in [0.1, 0.15) is 43.4 Å². The molecule has 1 aliphatic carbocycles. The molecule has 2 aliphatic rings. The lowest BCUT2D eigenvalue weighted by molar-refractivity contribution is -0.116. The lowest BCUT2D eigenvalue weighted by atomic mass is 9.76. The number of nitrogens with one attached hydrogen (secondary N) is 1. The molecule has 1 N–H and O–H groups in total. The van der Waals surface area contributed by atoms with E-state index in [1.54, 1.807) is 11.8 Å². The zero-order valence-electron chi connectivity index (χ0n) is 16.1. The summed E-state index contributed by atoms with van der Waals surface area (Å²) < 4.78 is 5.90. The first-order valence-corrected chi connectivity index (χ1v) is 9.63. The van der Waals surface area contributed by atoms with Gasteiger partial charge in [-0.25, -0.2) is 0 Å². The van der Waals surface area contributed by atoms with Crippen LogP contribution < -0.4 is 15.0 Å². The Bertz CT molecular complexity index is 890. The number of hydrogen-bond donors (Lipinski definition) is 1. The van der Waals surface area contributed by atoms with Gasteiger partial charge in [0.1, 0.15) is 5.75 Å². The average molecular weight is 362 g/mol. The van der Waals surface area contributed by atoms with Crippen molar-refractivity contribution in [1.29, 1.82) is 0 Å². The Morgan fingerprint density at radius 1 is 1.22 bits per heavy atom. The van der Waals surface area contributed by atoms with Gasteiger partial charge in [-0.3, -0.25) is 4.79 Å². The standard InChI is InChI=1S/C23H26N2O2/c1-4-27-22-11-6-5-8-19(22)23-18-10-7-9-17(18)20-14-16(25(3)15(2)26)12-13-21(20)24-23/h5-9,11-14,17-18,23-24H,4,10H2,1-3H3. The fourth-order valence-corrected chi connectivity index (χ4v) is 4.30. The Labute approximate surface area is 160 Å². The van der Waals surface area contributed by atoms with E-state index in [9.17, 15) is 4.79 Å². The van der Waals surface area contributed by atoms with Crippen LogP contribution >= 0.6 is 0 Å². The minimum absolute atomic E-state index is 0.0424. The molecule has 4 rings (SSSR count). The van der Waals surface area contributed by atoms with E-state index in [2.05, 4.69) is 47.8 Å². The van der Waals surface area contributed by atoms with E-state index in [1.165, 1.54) is 11.1 Å². The van der Waals surface area contributed by atoms with Crippen LogP contribution in [-0.2, 0) is 4.79 Å². The van der Waals surface area contributed by atoms with Crippen LogP contribution in [0, 0.1) is 5.92 Å². The average Bonchev–Trinajstić information content (AvgIpc) is 3.17. The normalized spacial score (nSPS) is 22.6. The molecule has 2 aromatic carbocycles. The Balaban J connectivity index is 1.74. The number of carbonyl (C=O) groups is 1. The van der Waals surface area contributed by atoms with Crippen LogP contribution in [0.15, 0.2) is 54.6 Å². The summed E-state index contributed by atoms with van der Waals surface area (Å²) in [5.74, 6) is 1.79. The van der Waals surface area contributed by atoms with Crippen molar-refractivity contribution >= 4 is 17.3 Å². The molecule has 3 atom stereocenters. The van der Waals surface area contributed by atoms with Gasteiger partial charge in [0.25, 0.3) is 0 Å². The molecule has 0 aromatic heterocycles. The number of nitrogens with zero attached hydrogens (tertiary/aromatic N) is 1. The summed E-state index contributed by atoms with van der Waals surface area (Å²) in [5.41, 5.74) is 4.56. The van der Waals surface area contributed by atoms with Gasteiger partial charge in [0.2, 0.25) is 5.91 Å². The number of para-hydroxylation sites is 1. The van der Waals surface area contributed by atoms with Gasteiger partial charge in [-0.05, 0) is 49.1 Å². The molecule has 1 aliphatic heterocycles. The largest absolute Gasteiger partial charge is 0.494 e. The van der Waals surface area contributed by atoms with Gasteiger partial charge in [-0.15, -0.1) is 0 Å². The van der Waals surface area contributed by atoms with Crippen LogP contribution in [0.25, 0.3) is 0 Å². The third-order valence-electron chi connectivity index (χ3n) is 5.76. The molecular formula is C23H26N2O2. The maximum atomic E-state index is 11.8. The molecule has 0 spiro atoms. The number of carbonyl (C=O) groups excluding carboxylic acids is 1. The summed E-state index contributed by atoms with van der Waals surface area (Å²) >= 11 is 0. The zero-order valence-corrected chi connectivity index (χ0v) is 16.1.